The maximum Gasteiger partial charge on any atom is 0.164 e. The van der Waals surface area contributed by atoms with Crippen molar-refractivity contribution in [1.29, 1.82) is 0 Å². The van der Waals surface area contributed by atoms with Crippen LogP contribution < -0.4 is 10.4 Å². The van der Waals surface area contributed by atoms with Crippen molar-refractivity contribution in [1.82, 2.24) is 15.0 Å². The van der Waals surface area contributed by atoms with Gasteiger partial charge in [0, 0.05) is 43.8 Å². The fraction of sp³-hybridized carbons (Fsp3) is 0.0408. The Morgan fingerprint density at radius 3 is 1.70 bits per heavy atom. The zero-order valence-corrected chi connectivity index (χ0v) is 29.2. The first-order valence-electron chi connectivity index (χ1n) is 18.3. The lowest BCUT2D eigenvalue weighted by atomic mass is 9.87. The molecule has 10 aromatic rings. The lowest BCUT2D eigenvalue weighted by molar-refractivity contribution is 0.669. The van der Waals surface area contributed by atoms with Gasteiger partial charge < -0.3 is 8.83 Å². The zero-order chi connectivity index (χ0) is 35.6. The molecule has 0 saturated carbocycles. The molecule has 11 rings (SSSR count). The Hall–Kier alpha value is -7.11. The van der Waals surface area contributed by atoms with Crippen LogP contribution in [0.1, 0.15) is 24.2 Å². The van der Waals surface area contributed by atoms with Gasteiger partial charge in [-0.25, -0.2) is 15.0 Å². The quantitative estimate of drug-likeness (QED) is 0.180. The molecule has 1 aliphatic rings. The summed E-state index contributed by atoms with van der Waals surface area (Å²) < 4.78 is 12.9. The normalized spacial score (nSPS) is 13.0. The van der Waals surface area contributed by atoms with Gasteiger partial charge in [-0.15, -0.1) is 0 Å². The smallest absolute Gasteiger partial charge is 0.164 e. The van der Waals surface area contributed by atoms with Crippen LogP contribution in [0.3, 0.4) is 0 Å². The summed E-state index contributed by atoms with van der Waals surface area (Å²) in [6.45, 7) is 0. The third kappa shape index (κ3) is 4.82. The summed E-state index contributed by atoms with van der Waals surface area (Å²) in [6, 6.07) is 56.5. The highest BCUT2D eigenvalue weighted by Crippen LogP contribution is 2.41. The van der Waals surface area contributed by atoms with Crippen molar-refractivity contribution in [2.24, 2.45) is 0 Å². The standard InChI is InChI=1S/C49H31N3O2/c1-3-14-30(15-4-1)32-21-11-23-39-44-36(22-12-27-43(44)54-46(32)39)35-28-29-37(34-19-8-7-18-33(34)35)48-50-47(31-16-5-2-6-17-31)51-49(52-48)40-24-13-26-42-45(40)38-20-9-10-25-41(38)53-42/h1-27H,28-29H2. The largest absolute Gasteiger partial charge is 0.456 e. The van der Waals surface area contributed by atoms with E-state index in [4.69, 9.17) is 23.8 Å². The second-order valence-electron chi connectivity index (χ2n) is 13.8. The van der Waals surface area contributed by atoms with Crippen LogP contribution in [0.4, 0.5) is 0 Å². The van der Waals surface area contributed by atoms with Gasteiger partial charge in [-0.3, -0.25) is 0 Å². The summed E-state index contributed by atoms with van der Waals surface area (Å²) in [6.07, 6.45) is 1.59. The number of fused-ring (bicyclic) bond motifs is 7. The predicted octanol–water partition coefficient (Wildman–Crippen LogP) is 10.9. The van der Waals surface area contributed by atoms with Crippen LogP contribution in [0, 0.1) is 0 Å². The zero-order valence-electron chi connectivity index (χ0n) is 29.2. The number of nitrogens with zero attached hydrogens (tertiary/aromatic N) is 3. The van der Waals surface area contributed by atoms with E-state index in [0.29, 0.717) is 17.5 Å². The molecule has 0 atom stereocenters. The van der Waals surface area contributed by atoms with Crippen LogP contribution in [-0.2, 0) is 0 Å². The second-order valence-corrected chi connectivity index (χ2v) is 13.8. The molecule has 0 saturated heterocycles. The highest BCUT2D eigenvalue weighted by molar-refractivity contribution is 6.14. The number of hydrogen-bond donors (Lipinski definition) is 0. The van der Waals surface area contributed by atoms with E-state index >= 15 is 0 Å². The SMILES string of the molecule is c1ccc(-c2nc(C3=c4ccccc4=C(c4cccc5oc6c(-c7ccccc7)cccc6c45)CC3)nc(-c3cccc4oc5ccccc5c34)n2)cc1. The van der Waals surface area contributed by atoms with E-state index in [1.807, 2.05) is 54.6 Å². The Bertz CT molecular complexity index is 3210. The first-order valence-corrected chi connectivity index (χ1v) is 18.3. The molecular weight excluding hydrogens is 663 g/mol. The fourth-order valence-electron chi connectivity index (χ4n) is 8.29. The van der Waals surface area contributed by atoms with Gasteiger partial charge in [0.1, 0.15) is 22.3 Å². The number of rotatable bonds is 5. The molecule has 5 heteroatoms. The van der Waals surface area contributed by atoms with E-state index in [1.54, 1.807) is 0 Å². The maximum absolute atomic E-state index is 6.66. The molecule has 0 radical (unpaired) electrons. The van der Waals surface area contributed by atoms with Crippen molar-refractivity contribution in [3.8, 4) is 33.9 Å². The van der Waals surface area contributed by atoms with Crippen molar-refractivity contribution < 1.29 is 8.83 Å². The van der Waals surface area contributed by atoms with Crippen molar-refractivity contribution >= 4 is 55.0 Å². The summed E-state index contributed by atoms with van der Waals surface area (Å²) in [5.41, 5.74) is 11.1. The summed E-state index contributed by atoms with van der Waals surface area (Å²) in [4.78, 5) is 15.6. The molecule has 254 valence electrons. The van der Waals surface area contributed by atoms with Gasteiger partial charge in [-0.2, -0.15) is 0 Å². The second kappa shape index (κ2) is 12.2. The highest BCUT2D eigenvalue weighted by atomic mass is 16.3. The number of aromatic nitrogens is 3. The molecule has 0 fully saturated rings. The first kappa shape index (κ1) is 30.5. The molecule has 7 aromatic carbocycles. The summed E-state index contributed by atoms with van der Waals surface area (Å²) in [5, 5.41) is 6.63. The number of hydrogen-bond acceptors (Lipinski definition) is 5. The van der Waals surface area contributed by atoms with E-state index in [0.717, 1.165) is 89.8 Å². The molecule has 0 N–H and O–H groups in total. The van der Waals surface area contributed by atoms with E-state index in [-0.39, 0.29) is 0 Å². The number of benzene rings is 7. The van der Waals surface area contributed by atoms with Crippen LogP contribution in [-0.4, -0.2) is 15.0 Å². The fourth-order valence-corrected chi connectivity index (χ4v) is 8.29. The summed E-state index contributed by atoms with van der Waals surface area (Å²) in [5.74, 6) is 1.96. The van der Waals surface area contributed by atoms with Gasteiger partial charge in [0.25, 0.3) is 0 Å². The van der Waals surface area contributed by atoms with Crippen molar-refractivity contribution in [3.05, 3.63) is 186 Å². The average Bonchev–Trinajstić information content (AvgIpc) is 3.83. The number of para-hydroxylation sites is 2. The first-order chi connectivity index (χ1) is 26.8. The van der Waals surface area contributed by atoms with E-state index < -0.39 is 0 Å². The third-order valence-corrected chi connectivity index (χ3v) is 10.7. The minimum atomic E-state index is 0.625. The Morgan fingerprint density at radius 2 is 0.889 bits per heavy atom. The van der Waals surface area contributed by atoms with E-state index in [9.17, 15) is 0 Å². The van der Waals surface area contributed by atoms with Crippen LogP contribution >= 0.6 is 0 Å². The lowest BCUT2D eigenvalue weighted by Crippen LogP contribution is -2.33. The van der Waals surface area contributed by atoms with Gasteiger partial charge in [0.05, 0.1) is 0 Å². The van der Waals surface area contributed by atoms with Crippen molar-refractivity contribution in [2.75, 3.05) is 0 Å². The van der Waals surface area contributed by atoms with Gasteiger partial charge >= 0.3 is 0 Å². The minimum absolute atomic E-state index is 0.625. The molecule has 0 bridgehead atoms. The molecule has 0 spiro atoms. The van der Waals surface area contributed by atoms with E-state index in [2.05, 4.69) is 109 Å². The highest BCUT2D eigenvalue weighted by Gasteiger charge is 2.23. The molecule has 5 nitrogen and oxygen atoms in total. The summed E-state index contributed by atoms with van der Waals surface area (Å²) >= 11 is 0. The Balaban J connectivity index is 1.16. The molecule has 0 unspecified atom stereocenters. The monoisotopic (exact) mass is 693 g/mol. The molecule has 0 aliphatic heterocycles. The van der Waals surface area contributed by atoms with Crippen LogP contribution in [0.25, 0.3) is 88.9 Å². The van der Waals surface area contributed by atoms with Gasteiger partial charge in [0.15, 0.2) is 17.5 Å². The Kier molecular flexibility index (Phi) is 6.92. The van der Waals surface area contributed by atoms with Crippen LogP contribution in [0.5, 0.6) is 0 Å². The average molecular weight is 694 g/mol. The molecular formula is C49H31N3O2. The number of furan rings is 2. The van der Waals surface area contributed by atoms with Crippen LogP contribution in [0.2, 0.25) is 0 Å². The molecule has 3 heterocycles. The summed E-state index contributed by atoms with van der Waals surface area (Å²) in [7, 11) is 0. The minimum Gasteiger partial charge on any atom is -0.456 e. The van der Waals surface area contributed by atoms with Crippen LogP contribution in [0.15, 0.2) is 173 Å². The van der Waals surface area contributed by atoms with Gasteiger partial charge in [-0.05, 0) is 58.2 Å². The Morgan fingerprint density at radius 1 is 0.352 bits per heavy atom. The van der Waals surface area contributed by atoms with Gasteiger partial charge in [0.2, 0.25) is 0 Å². The predicted molar refractivity (Wildman–Crippen MR) is 217 cm³/mol. The molecule has 3 aromatic heterocycles. The Labute approximate surface area is 310 Å². The lowest BCUT2D eigenvalue weighted by Gasteiger charge is -2.18. The van der Waals surface area contributed by atoms with Gasteiger partial charge in [-0.1, -0.05) is 146 Å². The molecule has 0 amide bonds. The third-order valence-electron chi connectivity index (χ3n) is 10.7. The maximum atomic E-state index is 6.66. The van der Waals surface area contributed by atoms with E-state index in [1.165, 1.54) is 16.4 Å². The molecule has 54 heavy (non-hydrogen) atoms. The topological polar surface area (TPSA) is 65.0 Å². The van der Waals surface area contributed by atoms with Crippen molar-refractivity contribution in [3.63, 3.8) is 0 Å². The van der Waals surface area contributed by atoms with Crippen molar-refractivity contribution in [2.45, 2.75) is 12.8 Å². The molecule has 1 aliphatic carbocycles.